The van der Waals surface area contributed by atoms with E-state index in [1.54, 1.807) is 13.8 Å². The zero-order chi connectivity index (χ0) is 11.1. The molecule has 0 saturated heterocycles. The van der Waals surface area contributed by atoms with Crippen LogP contribution in [-0.4, -0.2) is 11.7 Å². The van der Waals surface area contributed by atoms with E-state index in [0.29, 0.717) is 11.4 Å². The van der Waals surface area contributed by atoms with Gasteiger partial charge in [0.25, 0.3) is 0 Å². The van der Waals surface area contributed by atoms with E-state index in [-0.39, 0.29) is 11.7 Å². The Balaban J connectivity index is 4.45. The van der Waals surface area contributed by atoms with Crippen molar-refractivity contribution in [3.8, 4) is 0 Å². The van der Waals surface area contributed by atoms with Crippen LogP contribution in [0.3, 0.4) is 0 Å². The van der Waals surface area contributed by atoms with Crippen LogP contribution in [-0.2, 0) is 0 Å². The van der Waals surface area contributed by atoms with Crippen LogP contribution in [0.5, 0.6) is 0 Å². The fourth-order valence-electron chi connectivity index (χ4n) is 0.666. The van der Waals surface area contributed by atoms with Gasteiger partial charge in [0.2, 0.25) is 0 Å². The smallest absolute Gasteiger partial charge is 0.117 e. The van der Waals surface area contributed by atoms with E-state index >= 15 is 0 Å². The van der Waals surface area contributed by atoms with Crippen LogP contribution < -0.4 is 11.5 Å². The summed E-state index contributed by atoms with van der Waals surface area (Å²) in [4.78, 5) is 0. The molecule has 0 aliphatic heterocycles. The van der Waals surface area contributed by atoms with Crippen molar-refractivity contribution in [1.82, 2.24) is 0 Å². The molecule has 0 spiro atoms. The van der Waals surface area contributed by atoms with Crippen LogP contribution in [0.2, 0.25) is 0 Å². The van der Waals surface area contributed by atoms with Gasteiger partial charge < -0.3 is 11.5 Å². The SMILES string of the molecule is CC(=CC(=N)N)N=NC(C)=CC(=N)N. The zero-order valence-electron chi connectivity index (χ0n) is 8.20. The highest BCUT2D eigenvalue weighted by Crippen LogP contribution is 2.00. The Morgan fingerprint density at radius 1 is 0.929 bits per heavy atom. The van der Waals surface area contributed by atoms with Crippen molar-refractivity contribution in [3.05, 3.63) is 23.5 Å². The molecule has 0 bridgehead atoms. The van der Waals surface area contributed by atoms with E-state index in [1.807, 2.05) is 0 Å². The Hall–Kier alpha value is -1.98. The minimum atomic E-state index is -0.0744. The van der Waals surface area contributed by atoms with E-state index in [4.69, 9.17) is 22.3 Å². The summed E-state index contributed by atoms with van der Waals surface area (Å²) in [5.41, 5.74) is 11.3. The van der Waals surface area contributed by atoms with Gasteiger partial charge in [-0.3, -0.25) is 10.8 Å². The van der Waals surface area contributed by atoms with Gasteiger partial charge in [-0.1, -0.05) is 0 Å². The molecule has 0 unspecified atom stereocenters. The Morgan fingerprint density at radius 2 is 1.21 bits per heavy atom. The van der Waals surface area contributed by atoms with Crippen LogP contribution in [0.25, 0.3) is 0 Å². The summed E-state index contributed by atoms with van der Waals surface area (Å²) in [6, 6.07) is 0. The summed E-state index contributed by atoms with van der Waals surface area (Å²) < 4.78 is 0. The molecule has 0 amide bonds. The average molecular weight is 194 g/mol. The molecule has 6 N–H and O–H groups in total. The quantitative estimate of drug-likeness (QED) is 0.304. The van der Waals surface area contributed by atoms with E-state index < -0.39 is 0 Å². The minimum Gasteiger partial charge on any atom is -0.384 e. The summed E-state index contributed by atoms with van der Waals surface area (Å²) >= 11 is 0. The number of hydrogen-bond donors (Lipinski definition) is 4. The molecule has 6 nitrogen and oxygen atoms in total. The van der Waals surface area contributed by atoms with Crippen LogP contribution in [0, 0.1) is 10.8 Å². The van der Waals surface area contributed by atoms with Gasteiger partial charge in [0.15, 0.2) is 0 Å². The number of hydrogen-bond acceptors (Lipinski definition) is 4. The fourth-order valence-corrected chi connectivity index (χ4v) is 0.666. The van der Waals surface area contributed by atoms with Crippen molar-refractivity contribution >= 4 is 11.7 Å². The second kappa shape index (κ2) is 5.63. The number of azo groups is 1. The maximum Gasteiger partial charge on any atom is 0.117 e. The Bertz CT molecular complexity index is 291. The summed E-state index contributed by atoms with van der Waals surface area (Å²) in [6.45, 7) is 3.35. The van der Waals surface area contributed by atoms with Crippen molar-refractivity contribution in [2.75, 3.05) is 0 Å². The molecule has 6 heteroatoms. The number of nitrogens with two attached hydrogens (primary N) is 2. The molecule has 0 aromatic rings. The van der Waals surface area contributed by atoms with E-state index in [1.165, 1.54) is 12.2 Å². The molecular weight excluding hydrogens is 180 g/mol. The van der Waals surface area contributed by atoms with Crippen LogP contribution in [0.1, 0.15) is 13.8 Å². The van der Waals surface area contributed by atoms with Crippen molar-refractivity contribution in [2.45, 2.75) is 13.8 Å². The lowest BCUT2D eigenvalue weighted by atomic mass is 10.4. The number of rotatable bonds is 4. The van der Waals surface area contributed by atoms with Crippen LogP contribution in [0.4, 0.5) is 0 Å². The van der Waals surface area contributed by atoms with Crippen LogP contribution in [0.15, 0.2) is 33.8 Å². The Kier molecular flexibility index (Phi) is 4.83. The van der Waals surface area contributed by atoms with Gasteiger partial charge in [-0.2, -0.15) is 10.2 Å². The zero-order valence-corrected chi connectivity index (χ0v) is 8.20. The third-order valence-corrected chi connectivity index (χ3v) is 1.09. The number of amidine groups is 2. The van der Waals surface area contributed by atoms with Gasteiger partial charge in [0.1, 0.15) is 11.7 Å². The van der Waals surface area contributed by atoms with Gasteiger partial charge >= 0.3 is 0 Å². The minimum absolute atomic E-state index is 0.0744. The Labute approximate surface area is 82.4 Å². The molecule has 0 aliphatic carbocycles. The lowest BCUT2D eigenvalue weighted by Gasteiger charge is -1.92. The monoisotopic (exact) mass is 194 g/mol. The predicted molar refractivity (Wildman–Crippen MR) is 56.2 cm³/mol. The van der Waals surface area contributed by atoms with Gasteiger partial charge in [-0.05, 0) is 13.8 Å². The molecule has 14 heavy (non-hydrogen) atoms. The topological polar surface area (TPSA) is 124 Å². The van der Waals surface area contributed by atoms with Gasteiger partial charge in [-0.25, -0.2) is 0 Å². The molecule has 0 aromatic heterocycles. The normalized spacial score (nSPS) is 13.3. The molecule has 0 rings (SSSR count). The van der Waals surface area contributed by atoms with Gasteiger partial charge in [-0.15, -0.1) is 0 Å². The van der Waals surface area contributed by atoms with Gasteiger partial charge in [0, 0.05) is 12.2 Å². The molecule has 0 aliphatic rings. The summed E-state index contributed by atoms with van der Waals surface area (Å²) in [5.74, 6) is -0.149. The lowest BCUT2D eigenvalue weighted by Crippen LogP contribution is -2.05. The summed E-state index contributed by atoms with van der Waals surface area (Å²) in [7, 11) is 0. The number of nitrogens with one attached hydrogen (secondary N) is 2. The molecule has 0 fully saturated rings. The first-order valence-corrected chi connectivity index (χ1v) is 3.88. The number of nitrogens with zero attached hydrogens (tertiary/aromatic N) is 2. The highest BCUT2D eigenvalue weighted by Gasteiger charge is 1.88. The summed E-state index contributed by atoms with van der Waals surface area (Å²) in [6.07, 6.45) is 2.76. The van der Waals surface area contributed by atoms with Crippen molar-refractivity contribution in [3.63, 3.8) is 0 Å². The predicted octanol–water partition coefficient (Wildman–Crippen LogP) is 1.12. The molecular formula is C8H14N6. The molecule has 0 radical (unpaired) electrons. The van der Waals surface area contributed by atoms with Crippen LogP contribution >= 0.6 is 0 Å². The Morgan fingerprint density at radius 3 is 1.43 bits per heavy atom. The van der Waals surface area contributed by atoms with E-state index in [2.05, 4.69) is 10.2 Å². The molecule has 0 aromatic carbocycles. The second-order valence-electron chi connectivity index (χ2n) is 2.68. The van der Waals surface area contributed by atoms with Crippen molar-refractivity contribution < 1.29 is 0 Å². The maximum absolute atomic E-state index is 6.95. The van der Waals surface area contributed by atoms with E-state index in [9.17, 15) is 0 Å². The fraction of sp³-hybridized carbons (Fsp3) is 0.250. The maximum atomic E-state index is 6.95. The standard InChI is InChI=1S/C8H14N6/c1-5(3-7(9)10)13-14-6(2)4-8(11)12/h3-4H,1-2H3,(H3,9,10)(H3,11,12). The highest BCUT2D eigenvalue weighted by atomic mass is 15.1. The average Bonchev–Trinajstić information content (AvgIpc) is 1.98. The van der Waals surface area contributed by atoms with Crippen molar-refractivity contribution in [1.29, 1.82) is 10.8 Å². The molecule has 0 heterocycles. The number of allylic oxidation sites excluding steroid dienone is 2. The second-order valence-corrected chi connectivity index (χ2v) is 2.68. The first-order valence-electron chi connectivity index (χ1n) is 3.88. The highest BCUT2D eigenvalue weighted by molar-refractivity contribution is 5.89. The largest absolute Gasteiger partial charge is 0.384 e. The first kappa shape index (κ1) is 12.0. The first-order chi connectivity index (χ1) is 6.41. The summed E-state index contributed by atoms with van der Waals surface area (Å²) in [5, 5.41) is 21.4. The molecule has 0 saturated carbocycles. The third kappa shape index (κ3) is 6.71. The molecule has 76 valence electrons. The lowest BCUT2D eigenvalue weighted by molar-refractivity contribution is 1.06. The van der Waals surface area contributed by atoms with Crippen molar-refractivity contribution in [2.24, 2.45) is 21.7 Å². The molecule has 0 atom stereocenters. The third-order valence-electron chi connectivity index (χ3n) is 1.09. The van der Waals surface area contributed by atoms with E-state index in [0.717, 1.165) is 0 Å². The van der Waals surface area contributed by atoms with Gasteiger partial charge in [0.05, 0.1) is 11.4 Å².